The summed E-state index contributed by atoms with van der Waals surface area (Å²) in [6, 6.07) is 16.3. The number of nitrogens with one attached hydrogen (secondary N) is 2. The van der Waals surface area contributed by atoms with Gasteiger partial charge in [-0.15, -0.1) is 0 Å². The Labute approximate surface area is 269 Å². The van der Waals surface area contributed by atoms with Crippen LogP contribution in [0.3, 0.4) is 0 Å². The Morgan fingerprint density at radius 1 is 0.614 bits per heavy atom. The first-order chi connectivity index (χ1) is 20.9. The first-order valence-corrected chi connectivity index (χ1v) is 18.9. The minimum absolute atomic E-state index is 0.0808. The first kappa shape index (κ1) is 26.5. The lowest BCUT2D eigenvalue weighted by atomic mass is 9.54. The van der Waals surface area contributed by atoms with Crippen LogP contribution in [-0.4, -0.2) is 89.1 Å². The number of anilines is 2. The number of carbonyl (C=O) groups is 4. The Balaban J connectivity index is 1.31. The quantitative estimate of drug-likeness (QED) is 0.441. The fraction of sp³-hybridized carbons (Fsp3) is 0.467. The van der Waals surface area contributed by atoms with Crippen molar-refractivity contribution in [3.63, 3.8) is 0 Å². The largest absolute Gasteiger partial charge is 0.364 e. The van der Waals surface area contributed by atoms with Gasteiger partial charge in [0.15, 0.2) is 19.5 Å². The van der Waals surface area contributed by atoms with Crippen molar-refractivity contribution < 1.29 is 19.2 Å². The molecule has 10 aliphatic rings. The fourth-order valence-corrected chi connectivity index (χ4v) is 16.7. The zero-order chi connectivity index (χ0) is 30.4. The third-order valence-electron chi connectivity index (χ3n) is 11.9. The van der Waals surface area contributed by atoms with E-state index in [1.807, 2.05) is 60.0 Å². The Morgan fingerprint density at radius 3 is 1.41 bits per heavy atom. The average molecular weight is 665 g/mol. The maximum absolute atomic E-state index is 14.6. The van der Waals surface area contributed by atoms with Crippen LogP contribution in [0.1, 0.15) is 37.8 Å². The molecule has 10 aliphatic heterocycles. The third-order valence-corrected chi connectivity index (χ3v) is 19.3. The predicted octanol–water partition coefficient (Wildman–Crippen LogP) is 3.39. The van der Waals surface area contributed by atoms with E-state index in [2.05, 4.69) is 22.8 Å². The minimum atomic E-state index is -1.14. The summed E-state index contributed by atoms with van der Waals surface area (Å²) >= 11 is 0. The topological polar surface area (TPSA) is 105 Å². The standard InChI is InChI=1S/C30H28N6O4S4/c1-25-21(37)35-19-27(15-9-5-7-11-17(15)31-19,13-29(35,43-41-25)23(39)33(25)3)28-14-30-24(40)34(4)26(2,42-44-30)22(38)36(30)20(28)32-18-12-8-6-10-16(18)28/h5-12,19-20,31-32H,13-14H2,1-4H3/t19-,20-,25?,26?,27+,28?,29+,30+/m1/s1. The van der Waals surface area contributed by atoms with Gasteiger partial charge in [-0.1, -0.05) is 79.6 Å². The summed E-state index contributed by atoms with van der Waals surface area (Å²) in [5, 5.41) is 7.50. The maximum Gasteiger partial charge on any atom is 0.262 e. The van der Waals surface area contributed by atoms with E-state index in [1.54, 1.807) is 23.9 Å². The number of hydrogen-bond donors (Lipinski definition) is 2. The summed E-state index contributed by atoms with van der Waals surface area (Å²) in [5.41, 5.74) is 2.14. The highest BCUT2D eigenvalue weighted by molar-refractivity contribution is 8.78. The zero-order valence-electron chi connectivity index (χ0n) is 24.2. The average Bonchev–Trinajstić information content (AvgIpc) is 3.70. The normalized spacial score (nSPS) is 45.2. The van der Waals surface area contributed by atoms with Gasteiger partial charge < -0.3 is 20.4 Å². The van der Waals surface area contributed by atoms with E-state index in [9.17, 15) is 19.2 Å². The molecule has 4 bridgehead atoms. The van der Waals surface area contributed by atoms with Gasteiger partial charge in [-0.25, -0.2) is 0 Å². The molecule has 8 saturated heterocycles. The molecule has 8 atom stereocenters. The van der Waals surface area contributed by atoms with E-state index in [0.717, 1.165) is 22.5 Å². The Bertz CT molecular complexity index is 1700. The van der Waals surface area contributed by atoms with Gasteiger partial charge >= 0.3 is 0 Å². The summed E-state index contributed by atoms with van der Waals surface area (Å²) in [6.45, 7) is 3.66. The van der Waals surface area contributed by atoms with E-state index in [4.69, 9.17) is 0 Å². The van der Waals surface area contributed by atoms with Crippen LogP contribution in [-0.2, 0) is 30.0 Å². The number of fused-ring (bicyclic) bond motifs is 11. The number of rotatable bonds is 1. The van der Waals surface area contributed by atoms with Crippen LogP contribution in [0.5, 0.6) is 0 Å². The Kier molecular flexibility index (Phi) is 4.51. The molecule has 8 fully saturated rings. The summed E-state index contributed by atoms with van der Waals surface area (Å²) in [6.07, 6.45) is -0.444. The van der Waals surface area contributed by atoms with Crippen LogP contribution in [0.25, 0.3) is 0 Å². The summed E-state index contributed by atoms with van der Waals surface area (Å²) in [7, 11) is 9.36. The van der Waals surface area contributed by atoms with Crippen molar-refractivity contribution in [1.82, 2.24) is 19.6 Å². The second-order valence-corrected chi connectivity index (χ2v) is 19.0. The SMILES string of the molecule is CN1C(=O)[C@@]23CC4([C@]56C[C@@]78SSC(C)(C(=O)N7[C@H]5Nc5ccccc56)N(C)C8=O)c5ccccc5N[C@@H]4N2C(=O)C1(C)SS3. The summed E-state index contributed by atoms with van der Waals surface area (Å²) in [5.74, 6) is -0.353. The molecule has 2 aromatic carbocycles. The highest BCUT2D eigenvalue weighted by Gasteiger charge is 2.87. The number of nitrogens with zero attached hydrogens (tertiary/aromatic N) is 4. The van der Waals surface area contributed by atoms with Crippen molar-refractivity contribution >= 4 is 78.2 Å². The van der Waals surface area contributed by atoms with Crippen molar-refractivity contribution in [3.05, 3.63) is 59.7 Å². The monoisotopic (exact) mass is 664 g/mol. The number of carbonyl (C=O) groups excluding carboxylic acids is 4. The fourth-order valence-electron chi connectivity index (χ4n) is 9.67. The Hall–Kier alpha value is -2.68. The third kappa shape index (κ3) is 2.30. The first-order valence-electron chi connectivity index (χ1n) is 14.6. The molecule has 0 saturated carbocycles. The molecule has 10 heterocycles. The second-order valence-electron chi connectivity index (χ2n) is 13.4. The highest BCUT2D eigenvalue weighted by Crippen LogP contribution is 2.78. The van der Waals surface area contributed by atoms with Crippen LogP contribution in [0.2, 0.25) is 0 Å². The molecular weight excluding hydrogens is 637 g/mol. The molecule has 3 unspecified atom stereocenters. The van der Waals surface area contributed by atoms with Gasteiger partial charge in [-0.3, -0.25) is 29.0 Å². The lowest BCUT2D eigenvalue weighted by Crippen LogP contribution is -2.75. The smallest absolute Gasteiger partial charge is 0.262 e. The molecule has 0 aliphatic carbocycles. The van der Waals surface area contributed by atoms with Gasteiger partial charge in [0.2, 0.25) is 0 Å². The van der Waals surface area contributed by atoms with Crippen molar-refractivity contribution in [2.24, 2.45) is 0 Å². The van der Waals surface area contributed by atoms with Crippen molar-refractivity contribution in [3.8, 4) is 0 Å². The van der Waals surface area contributed by atoms with Crippen molar-refractivity contribution in [2.45, 2.75) is 69.3 Å². The van der Waals surface area contributed by atoms with E-state index in [1.165, 1.54) is 43.2 Å². The molecule has 2 aromatic rings. The van der Waals surface area contributed by atoms with E-state index in [0.29, 0.717) is 12.8 Å². The molecule has 0 aromatic heterocycles. The number of benzene rings is 2. The molecule has 2 spiro atoms. The van der Waals surface area contributed by atoms with Gasteiger partial charge in [0.25, 0.3) is 23.6 Å². The molecule has 44 heavy (non-hydrogen) atoms. The number of piperazine rings is 2. The molecule has 4 amide bonds. The maximum atomic E-state index is 14.6. The van der Waals surface area contributed by atoms with Gasteiger partial charge in [0.1, 0.15) is 12.3 Å². The predicted molar refractivity (Wildman–Crippen MR) is 172 cm³/mol. The summed E-state index contributed by atoms with van der Waals surface area (Å²) < 4.78 is 0. The second kappa shape index (κ2) is 7.48. The zero-order valence-corrected chi connectivity index (χ0v) is 27.5. The van der Waals surface area contributed by atoms with Crippen LogP contribution >= 0.6 is 43.2 Å². The van der Waals surface area contributed by atoms with Crippen molar-refractivity contribution in [2.75, 3.05) is 24.7 Å². The molecule has 10 nitrogen and oxygen atoms in total. The van der Waals surface area contributed by atoms with Gasteiger partial charge in [-0.2, -0.15) is 0 Å². The van der Waals surface area contributed by atoms with Gasteiger partial charge in [0.05, 0.1) is 10.8 Å². The highest BCUT2D eigenvalue weighted by atomic mass is 33.1. The van der Waals surface area contributed by atoms with E-state index >= 15 is 0 Å². The van der Waals surface area contributed by atoms with Gasteiger partial charge in [0, 0.05) is 38.3 Å². The van der Waals surface area contributed by atoms with Crippen LogP contribution < -0.4 is 10.6 Å². The minimum Gasteiger partial charge on any atom is -0.364 e. The number of para-hydroxylation sites is 2. The Morgan fingerprint density at radius 2 is 1.00 bits per heavy atom. The van der Waals surface area contributed by atoms with Gasteiger partial charge in [-0.05, 0) is 37.1 Å². The van der Waals surface area contributed by atoms with Crippen molar-refractivity contribution in [1.29, 1.82) is 0 Å². The number of likely N-dealkylation sites (N-methyl/N-ethyl adjacent to an activating group) is 2. The number of hydrogen-bond acceptors (Lipinski definition) is 10. The molecule has 0 radical (unpaired) electrons. The lowest BCUT2D eigenvalue weighted by molar-refractivity contribution is -0.163. The lowest BCUT2D eigenvalue weighted by Gasteiger charge is -2.57. The molecule has 14 heteroatoms. The number of amides is 4. The van der Waals surface area contributed by atoms with E-state index < -0.39 is 42.6 Å². The molecular formula is C30H28N6O4S4. The van der Waals surface area contributed by atoms with Crippen LogP contribution in [0, 0.1) is 0 Å². The van der Waals surface area contributed by atoms with E-state index in [-0.39, 0.29) is 23.6 Å². The summed E-state index contributed by atoms with van der Waals surface area (Å²) in [4.78, 5) is 60.7. The molecule has 226 valence electrons. The molecule has 2 N–H and O–H groups in total. The molecule has 12 rings (SSSR count). The van der Waals surface area contributed by atoms with Crippen LogP contribution in [0.15, 0.2) is 48.5 Å². The van der Waals surface area contributed by atoms with Crippen LogP contribution in [0.4, 0.5) is 11.4 Å².